The Morgan fingerprint density at radius 3 is 2.48 bits per heavy atom. The largest absolute Gasteiger partial charge is 0.455 e. The second-order valence-electron chi connectivity index (χ2n) is 13.8. The maximum atomic E-state index is 14.9. The Kier molecular flexibility index (Phi) is 11.4. The molecule has 2 aromatic carbocycles. The number of nitrogens with zero attached hydrogens (tertiary/aromatic N) is 3. The van der Waals surface area contributed by atoms with Crippen molar-refractivity contribution in [1.82, 2.24) is 9.80 Å². The Balaban J connectivity index is 1.54. The minimum Gasteiger partial charge on any atom is -0.455 e. The number of esters is 1. The number of halogens is 1. The van der Waals surface area contributed by atoms with Crippen molar-refractivity contribution in [3.05, 3.63) is 90.5 Å². The third kappa shape index (κ3) is 6.55. The van der Waals surface area contributed by atoms with Crippen LogP contribution < -0.4 is 4.90 Å². The second kappa shape index (κ2) is 15.2. The number of benzene rings is 2. The van der Waals surface area contributed by atoms with Crippen molar-refractivity contribution in [2.24, 2.45) is 11.8 Å². The van der Waals surface area contributed by atoms with E-state index in [4.69, 9.17) is 9.47 Å². The van der Waals surface area contributed by atoms with Crippen LogP contribution >= 0.6 is 15.9 Å². The average molecular weight is 751 g/mol. The lowest BCUT2D eigenvalue weighted by molar-refractivity contribution is -0.165. The van der Waals surface area contributed by atoms with Gasteiger partial charge in [0, 0.05) is 30.5 Å². The predicted octanol–water partition coefficient (Wildman–Crippen LogP) is 5.05. The number of likely N-dealkylation sites (N-methyl/N-ethyl adjacent to an activating group) is 1. The number of ether oxygens (including phenoxy) is 2. The van der Waals surface area contributed by atoms with Crippen LogP contribution in [0, 0.1) is 25.7 Å². The van der Waals surface area contributed by atoms with E-state index in [-0.39, 0.29) is 36.2 Å². The van der Waals surface area contributed by atoms with E-state index in [9.17, 15) is 24.3 Å². The topological polar surface area (TPSA) is 117 Å². The van der Waals surface area contributed by atoms with E-state index in [1.807, 2.05) is 69.3 Å². The normalized spacial score (nSPS) is 26.9. The Hall–Kier alpha value is -3.80. The molecular formula is C39H48BrN3O7. The molecule has 0 radical (unpaired) electrons. The lowest BCUT2D eigenvalue weighted by Crippen LogP contribution is -2.59. The molecule has 3 aliphatic heterocycles. The van der Waals surface area contributed by atoms with Gasteiger partial charge in [0.1, 0.15) is 17.7 Å². The van der Waals surface area contributed by atoms with Crippen molar-refractivity contribution in [1.29, 1.82) is 0 Å². The Morgan fingerprint density at radius 1 is 1.14 bits per heavy atom. The van der Waals surface area contributed by atoms with Crippen LogP contribution in [0.1, 0.15) is 55.9 Å². The number of hydrogen-bond acceptors (Lipinski definition) is 7. The third-order valence-electron chi connectivity index (χ3n) is 10.6. The van der Waals surface area contributed by atoms with E-state index < -0.39 is 59.6 Å². The lowest BCUT2D eigenvalue weighted by atomic mass is 9.70. The minimum absolute atomic E-state index is 0.119. The number of allylic oxidation sites excluding steroid dienone is 1. The van der Waals surface area contributed by atoms with E-state index in [1.165, 1.54) is 4.90 Å². The zero-order valence-electron chi connectivity index (χ0n) is 29.5. The third-order valence-corrected chi connectivity index (χ3v) is 11.4. The van der Waals surface area contributed by atoms with Gasteiger partial charge >= 0.3 is 5.97 Å². The molecule has 11 heteroatoms. The number of hydrogen-bond donors (Lipinski definition) is 1. The van der Waals surface area contributed by atoms with Crippen LogP contribution in [0.25, 0.3) is 0 Å². The molecule has 1 N–H and O–H groups in total. The highest BCUT2D eigenvalue weighted by Crippen LogP contribution is 2.61. The molecule has 3 aliphatic rings. The summed E-state index contributed by atoms with van der Waals surface area (Å²) in [6.45, 7) is 14.8. The molecule has 2 aromatic rings. The predicted molar refractivity (Wildman–Crippen MR) is 195 cm³/mol. The summed E-state index contributed by atoms with van der Waals surface area (Å²) in [5, 5.41) is 10.4. The maximum Gasteiger partial charge on any atom is 0.313 e. The quantitative estimate of drug-likeness (QED) is 0.163. The Morgan fingerprint density at radius 2 is 1.84 bits per heavy atom. The fourth-order valence-electron chi connectivity index (χ4n) is 7.90. The Bertz CT molecular complexity index is 1630. The molecule has 9 atom stereocenters. The first-order chi connectivity index (χ1) is 23.8. The SMILES string of the molecule is C=CCCC(=O)N(C)[C@H](C)[C@H](OC(=O)[C@H]1[C@@H]2O[C@@]3(CC2Br)[C@@H]1C(=O)N([C@H](C)CO)[C@@H]3C(=O)N(CC=C)c1cc(C)ccc1C)c1ccccc1. The van der Waals surface area contributed by atoms with Gasteiger partial charge < -0.3 is 29.3 Å². The summed E-state index contributed by atoms with van der Waals surface area (Å²) in [7, 11) is 1.68. The number of likely N-dealkylation sites (tertiary alicyclic amines) is 1. The summed E-state index contributed by atoms with van der Waals surface area (Å²) in [5.74, 6) is -3.64. The number of alkyl halides is 1. The van der Waals surface area contributed by atoms with E-state index in [2.05, 4.69) is 29.1 Å². The van der Waals surface area contributed by atoms with Gasteiger partial charge in [-0.05, 0) is 63.3 Å². The number of carbonyl (C=O) groups excluding carboxylic acids is 4. The zero-order valence-corrected chi connectivity index (χ0v) is 31.0. The average Bonchev–Trinajstić information content (AvgIpc) is 3.71. The van der Waals surface area contributed by atoms with Gasteiger partial charge in [-0.25, -0.2) is 0 Å². The highest BCUT2D eigenvalue weighted by molar-refractivity contribution is 9.09. The molecular weight excluding hydrogens is 702 g/mol. The smallest absolute Gasteiger partial charge is 0.313 e. The number of carbonyl (C=O) groups is 4. The van der Waals surface area contributed by atoms with Crippen molar-refractivity contribution in [3.63, 3.8) is 0 Å². The van der Waals surface area contributed by atoms with E-state index in [0.717, 1.165) is 11.1 Å². The summed E-state index contributed by atoms with van der Waals surface area (Å²) >= 11 is 3.73. The van der Waals surface area contributed by atoms with Gasteiger partial charge in [0.2, 0.25) is 11.8 Å². The summed E-state index contributed by atoms with van der Waals surface area (Å²) < 4.78 is 13.0. The van der Waals surface area contributed by atoms with E-state index in [0.29, 0.717) is 24.1 Å². The molecule has 2 bridgehead atoms. The minimum atomic E-state index is -1.36. The molecule has 1 unspecified atom stereocenters. The fraction of sp³-hybridized carbons (Fsp3) is 0.487. The zero-order chi connectivity index (χ0) is 36.5. The summed E-state index contributed by atoms with van der Waals surface area (Å²) in [6.07, 6.45) is 2.81. The number of amides is 3. The molecule has 0 aliphatic carbocycles. The van der Waals surface area contributed by atoms with Crippen LogP contribution in [0.5, 0.6) is 0 Å². The highest BCUT2D eigenvalue weighted by Gasteiger charge is 2.77. The molecule has 268 valence electrons. The van der Waals surface area contributed by atoms with Crippen molar-refractivity contribution in [2.45, 2.75) is 87.7 Å². The van der Waals surface area contributed by atoms with Crippen LogP contribution in [0.3, 0.4) is 0 Å². The van der Waals surface area contributed by atoms with Gasteiger partial charge in [0.15, 0.2) is 0 Å². The standard InChI is InChI=1S/C39H48BrN3O7/c1-8-10-16-30(45)41(7)26(6)33(27-14-12-11-13-15-27)49-38(48)31-32-36(46)43(25(5)22-44)35(39(32)21-28(40)34(31)50-39)37(47)42(19-9-2)29-20-23(3)17-18-24(29)4/h8-9,11-15,17-18,20,25-26,28,31-35,44H,1-2,10,16,19,21-22H2,3-7H3/t25-,26-,28?,31-,32+,33+,34-,35-,39+/m1/s1. The first-order valence-corrected chi connectivity index (χ1v) is 18.1. The van der Waals surface area contributed by atoms with Gasteiger partial charge in [-0.2, -0.15) is 0 Å². The van der Waals surface area contributed by atoms with Crippen LogP contribution in [0.15, 0.2) is 73.8 Å². The second-order valence-corrected chi connectivity index (χ2v) is 15.0. The van der Waals surface area contributed by atoms with Crippen LogP contribution in [0.4, 0.5) is 5.69 Å². The number of aliphatic hydroxyl groups excluding tert-OH is 1. The summed E-state index contributed by atoms with van der Waals surface area (Å²) in [4.78, 5) is 61.3. The van der Waals surface area contributed by atoms with Crippen molar-refractivity contribution < 1.29 is 33.8 Å². The molecule has 10 nitrogen and oxygen atoms in total. The maximum absolute atomic E-state index is 14.9. The van der Waals surface area contributed by atoms with Gasteiger partial charge in [-0.15, -0.1) is 13.2 Å². The van der Waals surface area contributed by atoms with E-state index in [1.54, 1.807) is 35.9 Å². The molecule has 0 aromatic heterocycles. The van der Waals surface area contributed by atoms with Crippen LogP contribution in [-0.2, 0) is 28.7 Å². The fourth-order valence-corrected chi connectivity index (χ4v) is 8.84. The Labute approximate surface area is 303 Å². The number of fused-ring (bicyclic) bond motifs is 1. The molecule has 1 spiro atoms. The number of aliphatic hydroxyl groups is 1. The van der Waals surface area contributed by atoms with Crippen molar-refractivity contribution in [3.8, 4) is 0 Å². The molecule has 3 amide bonds. The molecule has 3 fully saturated rings. The van der Waals surface area contributed by atoms with Crippen LogP contribution in [-0.4, -0.2) is 93.5 Å². The van der Waals surface area contributed by atoms with Gasteiger partial charge in [-0.1, -0.05) is 70.5 Å². The van der Waals surface area contributed by atoms with Gasteiger partial charge in [-0.3, -0.25) is 19.2 Å². The molecule has 50 heavy (non-hydrogen) atoms. The van der Waals surface area contributed by atoms with E-state index >= 15 is 0 Å². The summed E-state index contributed by atoms with van der Waals surface area (Å²) in [6, 6.07) is 12.6. The van der Waals surface area contributed by atoms with Gasteiger partial charge in [0.25, 0.3) is 5.91 Å². The lowest BCUT2D eigenvalue weighted by Gasteiger charge is -2.39. The highest BCUT2D eigenvalue weighted by atomic mass is 79.9. The van der Waals surface area contributed by atoms with Crippen LogP contribution in [0.2, 0.25) is 0 Å². The molecule has 3 saturated heterocycles. The van der Waals surface area contributed by atoms with Crippen molar-refractivity contribution in [2.75, 3.05) is 25.1 Å². The first kappa shape index (κ1) is 37.5. The first-order valence-electron chi connectivity index (χ1n) is 17.2. The monoisotopic (exact) mass is 749 g/mol. The summed E-state index contributed by atoms with van der Waals surface area (Å²) in [5.41, 5.74) is 1.85. The number of aryl methyl sites for hydroxylation is 2. The number of anilines is 1. The molecule has 5 rings (SSSR count). The molecule has 0 saturated carbocycles. The van der Waals surface area contributed by atoms with Crippen molar-refractivity contribution >= 4 is 45.3 Å². The van der Waals surface area contributed by atoms with Gasteiger partial charge in [0.05, 0.1) is 36.6 Å². The number of rotatable bonds is 14. The molecule has 3 heterocycles.